The maximum absolute atomic E-state index is 5.78. The van der Waals surface area contributed by atoms with E-state index in [4.69, 9.17) is 17.3 Å². The van der Waals surface area contributed by atoms with Crippen molar-refractivity contribution >= 4 is 22.9 Å². The van der Waals surface area contributed by atoms with E-state index in [-0.39, 0.29) is 0 Å². The van der Waals surface area contributed by atoms with Gasteiger partial charge >= 0.3 is 0 Å². The fourth-order valence-electron chi connectivity index (χ4n) is 0.805. The van der Waals surface area contributed by atoms with Crippen LogP contribution in [0.25, 0.3) is 0 Å². The monoisotopic (exact) mass is 204 g/mol. The molecule has 0 saturated heterocycles. The first-order chi connectivity index (χ1) is 5.72. The van der Waals surface area contributed by atoms with E-state index < -0.39 is 0 Å². The second kappa shape index (κ2) is 4.82. The molecule has 1 atom stereocenters. The zero-order valence-corrected chi connectivity index (χ0v) is 8.58. The summed E-state index contributed by atoms with van der Waals surface area (Å²) in [5.41, 5.74) is 5.46. The summed E-state index contributed by atoms with van der Waals surface area (Å²) in [5.74, 6) is 0. The number of thiophene rings is 1. The number of nitrogens with two attached hydrogens (primary N) is 1. The van der Waals surface area contributed by atoms with Crippen molar-refractivity contribution in [3.63, 3.8) is 0 Å². The van der Waals surface area contributed by atoms with Crippen LogP contribution in [-0.2, 0) is 6.54 Å². The molecular weight excluding hydrogens is 192 g/mol. The van der Waals surface area contributed by atoms with Gasteiger partial charge in [0.15, 0.2) is 0 Å². The van der Waals surface area contributed by atoms with Crippen LogP contribution in [0, 0.1) is 0 Å². The molecule has 1 heterocycles. The minimum absolute atomic E-state index is 0.367. The van der Waals surface area contributed by atoms with Gasteiger partial charge in [0.05, 0.1) is 4.34 Å². The van der Waals surface area contributed by atoms with E-state index in [0.29, 0.717) is 12.6 Å². The largest absolute Gasteiger partial charge is 0.329 e. The van der Waals surface area contributed by atoms with Gasteiger partial charge in [-0.3, -0.25) is 0 Å². The first-order valence-corrected chi connectivity index (χ1v) is 5.09. The van der Waals surface area contributed by atoms with Crippen molar-refractivity contribution in [1.82, 2.24) is 5.32 Å². The summed E-state index contributed by atoms with van der Waals surface area (Å²) in [7, 11) is 0. The number of rotatable bonds is 4. The lowest BCUT2D eigenvalue weighted by Crippen LogP contribution is -2.32. The predicted molar refractivity (Wildman–Crippen MR) is 54.7 cm³/mol. The molecule has 0 unspecified atom stereocenters. The lowest BCUT2D eigenvalue weighted by Gasteiger charge is -2.08. The number of nitrogens with one attached hydrogen (secondary N) is 1. The smallest absolute Gasteiger partial charge is 0.0931 e. The molecule has 0 aliphatic heterocycles. The van der Waals surface area contributed by atoms with Crippen LogP contribution in [-0.4, -0.2) is 12.6 Å². The third kappa shape index (κ3) is 3.11. The third-order valence-corrected chi connectivity index (χ3v) is 2.84. The van der Waals surface area contributed by atoms with Gasteiger partial charge in [0.1, 0.15) is 0 Å². The Kier molecular flexibility index (Phi) is 4.01. The Morgan fingerprint density at radius 1 is 1.67 bits per heavy atom. The normalized spacial score (nSPS) is 13.2. The molecule has 12 heavy (non-hydrogen) atoms. The highest BCUT2D eigenvalue weighted by molar-refractivity contribution is 7.16. The summed E-state index contributed by atoms with van der Waals surface area (Å²) in [6.45, 7) is 3.59. The van der Waals surface area contributed by atoms with Crippen molar-refractivity contribution in [1.29, 1.82) is 0 Å². The third-order valence-electron chi connectivity index (χ3n) is 1.61. The van der Waals surface area contributed by atoms with Gasteiger partial charge in [0.25, 0.3) is 0 Å². The van der Waals surface area contributed by atoms with Crippen LogP contribution >= 0.6 is 22.9 Å². The van der Waals surface area contributed by atoms with Crippen molar-refractivity contribution in [2.45, 2.75) is 19.5 Å². The maximum atomic E-state index is 5.78. The van der Waals surface area contributed by atoms with Crippen LogP contribution in [0.15, 0.2) is 12.1 Å². The fourth-order valence-corrected chi connectivity index (χ4v) is 1.84. The van der Waals surface area contributed by atoms with Gasteiger partial charge in [-0.25, -0.2) is 0 Å². The van der Waals surface area contributed by atoms with Crippen LogP contribution in [0.3, 0.4) is 0 Å². The Morgan fingerprint density at radius 2 is 2.42 bits per heavy atom. The van der Waals surface area contributed by atoms with Crippen molar-refractivity contribution in [2.75, 3.05) is 6.54 Å². The standard InChI is InChI=1S/C8H13ClN2S/c1-6(4-10)11-5-7-2-3-8(9)12-7/h2-3,6,11H,4-5,10H2,1H3/t6-/m0/s1. The van der Waals surface area contributed by atoms with E-state index in [9.17, 15) is 0 Å². The van der Waals surface area contributed by atoms with Crippen LogP contribution in [0.4, 0.5) is 0 Å². The molecule has 1 rings (SSSR count). The van der Waals surface area contributed by atoms with Gasteiger partial charge in [-0.15, -0.1) is 11.3 Å². The van der Waals surface area contributed by atoms with Gasteiger partial charge in [0.2, 0.25) is 0 Å². The summed E-state index contributed by atoms with van der Waals surface area (Å²) in [6, 6.07) is 4.31. The molecule has 0 aliphatic rings. The Hall–Kier alpha value is -0.0900. The van der Waals surface area contributed by atoms with Crippen LogP contribution in [0.1, 0.15) is 11.8 Å². The minimum Gasteiger partial charge on any atom is -0.329 e. The van der Waals surface area contributed by atoms with E-state index in [1.54, 1.807) is 11.3 Å². The Morgan fingerprint density at radius 3 is 2.92 bits per heavy atom. The molecule has 0 radical (unpaired) electrons. The summed E-state index contributed by atoms with van der Waals surface area (Å²) >= 11 is 7.38. The highest BCUT2D eigenvalue weighted by Crippen LogP contribution is 2.20. The fraction of sp³-hybridized carbons (Fsp3) is 0.500. The summed E-state index contributed by atoms with van der Waals surface area (Å²) in [6.07, 6.45) is 0. The maximum Gasteiger partial charge on any atom is 0.0931 e. The van der Waals surface area contributed by atoms with Crippen molar-refractivity contribution in [3.8, 4) is 0 Å². The number of hydrogen-bond acceptors (Lipinski definition) is 3. The molecule has 0 fully saturated rings. The zero-order chi connectivity index (χ0) is 8.97. The molecule has 0 aromatic carbocycles. The van der Waals surface area contributed by atoms with E-state index in [2.05, 4.69) is 12.2 Å². The zero-order valence-electron chi connectivity index (χ0n) is 7.01. The second-order valence-electron chi connectivity index (χ2n) is 2.72. The molecule has 3 N–H and O–H groups in total. The molecule has 1 aromatic rings. The molecule has 0 aliphatic carbocycles. The second-order valence-corrected chi connectivity index (χ2v) is 4.52. The quantitative estimate of drug-likeness (QED) is 0.786. The van der Waals surface area contributed by atoms with E-state index >= 15 is 0 Å². The summed E-state index contributed by atoms with van der Waals surface area (Å²) in [5, 5.41) is 3.29. The minimum atomic E-state index is 0.367. The van der Waals surface area contributed by atoms with Gasteiger partial charge in [-0.2, -0.15) is 0 Å². The first kappa shape index (κ1) is 9.99. The van der Waals surface area contributed by atoms with Crippen LogP contribution < -0.4 is 11.1 Å². The van der Waals surface area contributed by atoms with Gasteiger partial charge in [-0.05, 0) is 19.1 Å². The molecule has 0 bridgehead atoms. The Bertz CT molecular complexity index is 237. The summed E-state index contributed by atoms with van der Waals surface area (Å²) in [4.78, 5) is 1.25. The molecule has 0 saturated carbocycles. The van der Waals surface area contributed by atoms with E-state index in [0.717, 1.165) is 10.9 Å². The van der Waals surface area contributed by atoms with Crippen molar-refractivity contribution < 1.29 is 0 Å². The SMILES string of the molecule is C[C@@H](CN)NCc1ccc(Cl)s1. The van der Waals surface area contributed by atoms with E-state index in [1.807, 2.05) is 12.1 Å². The average molecular weight is 205 g/mol. The topological polar surface area (TPSA) is 38.0 Å². The number of hydrogen-bond donors (Lipinski definition) is 2. The van der Waals surface area contributed by atoms with Gasteiger partial charge in [-0.1, -0.05) is 11.6 Å². The lowest BCUT2D eigenvalue weighted by atomic mass is 10.3. The highest BCUT2D eigenvalue weighted by atomic mass is 35.5. The molecule has 0 spiro atoms. The molecule has 4 heteroatoms. The van der Waals surface area contributed by atoms with Crippen molar-refractivity contribution in [2.24, 2.45) is 5.73 Å². The van der Waals surface area contributed by atoms with Crippen molar-refractivity contribution in [3.05, 3.63) is 21.3 Å². The van der Waals surface area contributed by atoms with Gasteiger partial charge in [0, 0.05) is 24.0 Å². The predicted octanol–water partition coefficient (Wildman–Crippen LogP) is 1.84. The van der Waals surface area contributed by atoms with Gasteiger partial charge < -0.3 is 11.1 Å². The highest BCUT2D eigenvalue weighted by Gasteiger charge is 2.00. The van der Waals surface area contributed by atoms with Crippen LogP contribution in [0.5, 0.6) is 0 Å². The first-order valence-electron chi connectivity index (χ1n) is 3.90. The average Bonchev–Trinajstić information content (AvgIpc) is 2.47. The lowest BCUT2D eigenvalue weighted by molar-refractivity contribution is 0.560. The molecule has 2 nitrogen and oxygen atoms in total. The number of halogens is 1. The molecule has 0 amide bonds. The van der Waals surface area contributed by atoms with Crippen LogP contribution in [0.2, 0.25) is 4.34 Å². The Labute approximate surface area is 81.7 Å². The molecular formula is C8H13ClN2S. The Balaban J connectivity index is 2.33. The summed E-state index contributed by atoms with van der Waals surface area (Å²) < 4.78 is 0.840. The van der Waals surface area contributed by atoms with E-state index in [1.165, 1.54) is 4.88 Å². The molecule has 1 aromatic heterocycles. The molecule has 68 valence electrons.